The zero-order valence-corrected chi connectivity index (χ0v) is 7.71. The molecule has 12 heavy (non-hydrogen) atoms. The molecular weight excluding hydrogens is 158 g/mol. The maximum absolute atomic E-state index is 11.0. The van der Waals surface area contributed by atoms with Crippen molar-refractivity contribution in [2.45, 2.75) is 13.3 Å². The number of carbonyl (C=O) groups excluding carboxylic acids is 1. The van der Waals surface area contributed by atoms with Crippen molar-refractivity contribution >= 4 is 5.97 Å². The highest BCUT2D eigenvalue weighted by Crippen LogP contribution is 2.00. The third kappa shape index (κ3) is 6.12. The molecule has 0 spiro atoms. The molecule has 0 radical (unpaired) electrons. The summed E-state index contributed by atoms with van der Waals surface area (Å²) in [6.45, 7) is 3.20. The van der Waals surface area contributed by atoms with Crippen LogP contribution in [-0.4, -0.2) is 32.8 Å². The van der Waals surface area contributed by atoms with Gasteiger partial charge in [0, 0.05) is 13.5 Å². The van der Waals surface area contributed by atoms with Crippen LogP contribution in [0.25, 0.3) is 0 Å². The van der Waals surface area contributed by atoms with Gasteiger partial charge in [0.1, 0.15) is 6.61 Å². The van der Waals surface area contributed by atoms with E-state index < -0.39 is 0 Å². The van der Waals surface area contributed by atoms with E-state index in [0.29, 0.717) is 26.2 Å². The van der Waals surface area contributed by atoms with Crippen molar-refractivity contribution in [3.05, 3.63) is 0 Å². The van der Waals surface area contributed by atoms with Crippen molar-refractivity contribution < 1.29 is 14.3 Å². The van der Waals surface area contributed by atoms with Gasteiger partial charge in [-0.05, 0) is 12.5 Å². The summed E-state index contributed by atoms with van der Waals surface area (Å²) in [4.78, 5) is 11.0. The van der Waals surface area contributed by atoms with E-state index in [1.165, 1.54) is 0 Å². The number of nitrogens with two attached hydrogens (primary N) is 1. The smallest absolute Gasteiger partial charge is 0.306 e. The highest BCUT2D eigenvalue weighted by atomic mass is 16.6. The molecule has 0 heterocycles. The van der Waals surface area contributed by atoms with Crippen molar-refractivity contribution in [1.29, 1.82) is 0 Å². The maximum atomic E-state index is 11.0. The van der Waals surface area contributed by atoms with Crippen LogP contribution in [0.15, 0.2) is 0 Å². The Morgan fingerprint density at radius 2 is 2.17 bits per heavy atom. The van der Waals surface area contributed by atoms with Gasteiger partial charge in [-0.1, -0.05) is 6.92 Å². The van der Waals surface area contributed by atoms with Crippen LogP contribution in [0.5, 0.6) is 0 Å². The fraction of sp³-hybridized carbons (Fsp3) is 0.875. The Bertz CT molecular complexity index is 127. The first-order valence-corrected chi connectivity index (χ1v) is 4.05. The molecule has 0 saturated carbocycles. The van der Waals surface area contributed by atoms with E-state index in [0.717, 1.165) is 0 Å². The molecular formula is C8H17NO3. The van der Waals surface area contributed by atoms with Crippen LogP contribution in [0.3, 0.4) is 0 Å². The number of methoxy groups -OCH3 is 1. The average molecular weight is 175 g/mol. The van der Waals surface area contributed by atoms with E-state index in [-0.39, 0.29) is 11.9 Å². The van der Waals surface area contributed by atoms with E-state index in [2.05, 4.69) is 0 Å². The molecule has 4 nitrogen and oxygen atoms in total. The van der Waals surface area contributed by atoms with Crippen molar-refractivity contribution in [1.82, 2.24) is 0 Å². The second-order valence-electron chi connectivity index (χ2n) is 2.76. The maximum Gasteiger partial charge on any atom is 0.306 e. The lowest BCUT2D eigenvalue weighted by Gasteiger charge is -2.07. The second kappa shape index (κ2) is 7.06. The minimum absolute atomic E-state index is 0.194. The fourth-order valence-electron chi connectivity index (χ4n) is 0.666. The Kier molecular flexibility index (Phi) is 6.70. The first-order chi connectivity index (χ1) is 5.70. The van der Waals surface area contributed by atoms with Crippen molar-refractivity contribution in [3.8, 4) is 0 Å². The highest BCUT2D eigenvalue weighted by Gasteiger charge is 2.07. The summed E-state index contributed by atoms with van der Waals surface area (Å²) in [6.07, 6.45) is 0.389. The van der Waals surface area contributed by atoms with Gasteiger partial charge in [0.25, 0.3) is 0 Å². The quantitative estimate of drug-likeness (QED) is 0.461. The van der Waals surface area contributed by atoms with E-state index in [1.54, 1.807) is 7.11 Å². The Hall–Kier alpha value is -0.610. The predicted octanol–water partition coefficient (Wildman–Crippen LogP) is 0.161. The van der Waals surface area contributed by atoms with Crippen LogP contribution in [0, 0.1) is 5.92 Å². The second-order valence-corrected chi connectivity index (χ2v) is 2.76. The molecule has 0 bridgehead atoms. The third-order valence-electron chi connectivity index (χ3n) is 1.47. The number of esters is 1. The van der Waals surface area contributed by atoms with Crippen molar-refractivity contribution in [2.75, 3.05) is 26.9 Å². The van der Waals surface area contributed by atoms with Crippen LogP contribution >= 0.6 is 0 Å². The lowest BCUT2D eigenvalue weighted by atomic mass is 10.1. The standard InChI is InChI=1S/C8H17NO3/c1-7(6-9)5-8(10)12-4-3-11-2/h7H,3-6,9H2,1-2H3. The molecule has 1 atom stereocenters. The normalized spacial score (nSPS) is 12.6. The number of hydrogen-bond donors (Lipinski definition) is 1. The highest BCUT2D eigenvalue weighted by molar-refractivity contribution is 5.69. The largest absolute Gasteiger partial charge is 0.463 e. The number of carbonyl (C=O) groups is 1. The summed E-state index contributed by atoms with van der Waals surface area (Å²) in [5, 5.41) is 0. The monoisotopic (exact) mass is 175 g/mol. The molecule has 72 valence electrons. The molecule has 0 fully saturated rings. The molecule has 4 heteroatoms. The lowest BCUT2D eigenvalue weighted by molar-refractivity contribution is -0.145. The third-order valence-corrected chi connectivity index (χ3v) is 1.47. The molecule has 0 rings (SSSR count). The molecule has 0 aromatic heterocycles. The molecule has 0 aromatic carbocycles. The number of hydrogen-bond acceptors (Lipinski definition) is 4. The number of rotatable bonds is 6. The Morgan fingerprint density at radius 1 is 1.50 bits per heavy atom. The van der Waals surface area contributed by atoms with Gasteiger partial charge in [-0.3, -0.25) is 4.79 Å². The molecule has 0 aliphatic rings. The van der Waals surface area contributed by atoms with Crippen LogP contribution in [0.2, 0.25) is 0 Å². The summed E-state index contributed by atoms with van der Waals surface area (Å²) in [5.41, 5.74) is 5.34. The molecule has 0 saturated heterocycles. The van der Waals surface area contributed by atoms with E-state index in [1.807, 2.05) is 6.92 Å². The van der Waals surface area contributed by atoms with E-state index in [9.17, 15) is 4.79 Å². The molecule has 2 N–H and O–H groups in total. The Balaban J connectivity index is 3.33. The minimum atomic E-state index is -0.204. The summed E-state index contributed by atoms with van der Waals surface area (Å²) < 4.78 is 9.56. The molecule has 1 unspecified atom stereocenters. The Labute approximate surface area is 73.0 Å². The van der Waals surface area contributed by atoms with E-state index >= 15 is 0 Å². The Morgan fingerprint density at radius 3 is 2.67 bits per heavy atom. The first-order valence-electron chi connectivity index (χ1n) is 4.05. The van der Waals surface area contributed by atoms with Gasteiger partial charge in [-0.2, -0.15) is 0 Å². The van der Waals surface area contributed by atoms with Gasteiger partial charge < -0.3 is 15.2 Å². The topological polar surface area (TPSA) is 61.5 Å². The van der Waals surface area contributed by atoms with Crippen molar-refractivity contribution in [3.63, 3.8) is 0 Å². The SMILES string of the molecule is COCCOC(=O)CC(C)CN. The summed E-state index contributed by atoms with van der Waals surface area (Å²) >= 11 is 0. The predicted molar refractivity (Wildman–Crippen MR) is 45.7 cm³/mol. The van der Waals surface area contributed by atoms with Gasteiger partial charge in [-0.25, -0.2) is 0 Å². The van der Waals surface area contributed by atoms with Crippen LogP contribution < -0.4 is 5.73 Å². The average Bonchev–Trinajstić information content (AvgIpc) is 2.05. The summed E-state index contributed by atoms with van der Waals surface area (Å²) in [5.74, 6) is -0.00922. The summed E-state index contributed by atoms with van der Waals surface area (Å²) in [6, 6.07) is 0. The molecule has 0 aliphatic heterocycles. The zero-order chi connectivity index (χ0) is 9.40. The summed E-state index contributed by atoms with van der Waals surface area (Å²) in [7, 11) is 1.57. The van der Waals surface area contributed by atoms with E-state index in [4.69, 9.17) is 15.2 Å². The van der Waals surface area contributed by atoms with Gasteiger partial charge in [-0.15, -0.1) is 0 Å². The molecule has 0 aliphatic carbocycles. The van der Waals surface area contributed by atoms with Crippen LogP contribution in [0.4, 0.5) is 0 Å². The minimum Gasteiger partial charge on any atom is -0.463 e. The number of ether oxygens (including phenoxy) is 2. The lowest BCUT2D eigenvalue weighted by Crippen LogP contribution is -2.18. The zero-order valence-electron chi connectivity index (χ0n) is 7.71. The van der Waals surface area contributed by atoms with Crippen LogP contribution in [0.1, 0.15) is 13.3 Å². The van der Waals surface area contributed by atoms with Crippen LogP contribution in [-0.2, 0) is 14.3 Å². The first kappa shape index (κ1) is 11.4. The van der Waals surface area contributed by atoms with Gasteiger partial charge in [0.05, 0.1) is 6.61 Å². The van der Waals surface area contributed by atoms with Gasteiger partial charge >= 0.3 is 5.97 Å². The molecule has 0 aromatic rings. The van der Waals surface area contributed by atoms with Gasteiger partial charge in [0.15, 0.2) is 0 Å². The van der Waals surface area contributed by atoms with Crippen molar-refractivity contribution in [2.24, 2.45) is 11.7 Å². The molecule has 0 amide bonds. The fourth-order valence-corrected chi connectivity index (χ4v) is 0.666. The van der Waals surface area contributed by atoms with Gasteiger partial charge in [0.2, 0.25) is 0 Å².